The Balaban J connectivity index is 1.86. The number of benzene rings is 1. The molecule has 0 unspecified atom stereocenters. The topological polar surface area (TPSA) is 106 Å². The largest absolute Gasteiger partial charge is 0.504 e. The van der Waals surface area contributed by atoms with E-state index in [1.54, 1.807) is 18.2 Å². The molecule has 0 atom stereocenters. The zero-order valence-electron chi connectivity index (χ0n) is 14.7. The molecule has 0 saturated carbocycles. The summed E-state index contributed by atoms with van der Waals surface area (Å²) in [6.07, 6.45) is 1.40. The first-order valence-corrected chi connectivity index (χ1v) is 8.80. The van der Waals surface area contributed by atoms with Crippen LogP contribution in [0.1, 0.15) is 18.2 Å². The molecule has 0 fully saturated rings. The molecule has 138 valence electrons. The molecule has 0 radical (unpaired) electrons. The predicted octanol–water partition coefficient (Wildman–Crippen LogP) is 2.14. The Morgan fingerprint density at radius 1 is 1.38 bits per heavy atom. The van der Waals surface area contributed by atoms with E-state index in [1.807, 2.05) is 13.8 Å². The second-order valence-electron chi connectivity index (χ2n) is 5.08. The van der Waals surface area contributed by atoms with E-state index in [1.165, 1.54) is 31.2 Å². The molecule has 0 aliphatic rings. The number of aryl methyl sites for hydroxylation is 1. The Morgan fingerprint density at radius 2 is 2.19 bits per heavy atom. The van der Waals surface area contributed by atoms with Gasteiger partial charge in [-0.15, -0.1) is 0 Å². The molecular weight excluding hydrogens is 356 g/mol. The van der Waals surface area contributed by atoms with Gasteiger partial charge in [-0.3, -0.25) is 4.79 Å². The van der Waals surface area contributed by atoms with Crippen molar-refractivity contribution in [2.75, 3.05) is 19.5 Å². The summed E-state index contributed by atoms with van der Waals surface area (Å²) in [6, 6.07) is 6.43. The Hall–Kier alpha value is -2.81. The number of hydrazone groups is 1. The van der Waals surface area contributed by atoms with Gasteiger partial charge in [0, 0.05) is 11.8 Å². The van der Waals surface area contributed by atoms with Gasteiger partial charge in [-0.2, -0.15) is 10.1 Å². The molecule has 0 aliphatic heterocycles. The lowest BCUT2D eigenvalue weighted by atomic mass is 10.2. The van der Waals surface area contributed by atoms with Gasteiger partial charge in [0.25, 0.3) is 5.91 Å². The first-order chi connectivity index (χ1) is 12.5. The molecule has 0 bridgehead atoms. The molecule has 2 N–H and O–H groups in total. The van der Waals surface area contributed by atoms with E-state index in [0.29, 0.717) is 22.3 Å². The number of rotatable bonds is 8. The number of ether oxygens (including phenoxy) is 2. The third-order valence-corrected chi connectivity index (χ3v) is 3.77. The van der Waals surface area contributed by atoms with Crippen LogP contribution < -0.4 is 14.9 Å². The van der Waals surface area contributed by atoms with E-state index in [4.69, 9.17) is 9.47 Å². The SMILES string of the molecule is CCSc1nc(C)cc(OCC(=O)NN=Cc2ccc(OC)c(O)c2)n1. The van der Waals surface area contributed by atoms with Crippen molar-refractivity contribution in [3.05, 3.63) is 35.5 Å². The van der Waals surface area contributed by atoms with E-state index in [-0.39, 0.29) is 12.4 Å². The number of hydrogen-bond acceptors (Lipinski definition) is 8. The fraction of sp³-hybridized carbons (Fsp3) is 0.294. The first kappa shape index (κ1) is 19.5. The van der Waals surface area contributed by atoms with E-state index < -0.39 is 5.91 Å². The number of aromatic hydroxyl groups is 1. The van der Waals surface area contributed by atoms with Crippen LogP contribution in [0, 0.1) is 6.92 Å². The van der Waals surface area contributed by atoms with Crippen molar-refractivity contribution in [2.45, 2.75) is 19.0 Å². The van der Waals surface area contributed by atoms with Crippen LogP contribution in [0.25, 0.3) is 0 Å². The van der Waals surface area contributed by atoms with Gasteiger partial charge < -0.3 is 14.6 Å². The van der Waals surface area contributed by atoms with Gasteiger partial charge in [0.2, 0.25) is 5.88 Å². The predicted molar refractivity (Wildman–Crippen MR) is 99.1 cm³/mol. The molecule has 0 spiro atoms. The molecule has 2 aromatic rings. The fourth-order valence-corrected chi connectivity index (χ4v) is 2.54. The summed E-state index contributed by atoms with van der Waals surface area (Å²) in [6.45, 7) is 3.62. The van der Waals surface area contributed by atoms with E-state index in [2.05, 4.69) is 20.5 Å². The second kappa shape index (κ2) is 9.62. The Bertz CT molecular complexity index is 798. The van der Waals surface area contributed by atoms with Crippen LogP contribution >= 0.6 is 11.8 Å². The van der Waals surface area contributed by atoms with Crippen molar-refractivity contribution >= 4 is 23.9 Å². The summed E-state index contributed by atoms with van der Waals surface area (Å²) in [7, 11) is 1.46. The number of nitrogens with zero attached hydrogens (tertiary/aromatic N) is 3. The lowest BCUT2D eigenvalue weighted by molar-refractivity contribution is -0.123. The van der Waals surface area contributed by atoms with Gasteiger partial charge in [0.15, 0.2) is 23.3 Å². The van der Waals surface area contributed by atoms with Crippen molar-refractivity contribution in [1.82, 2.24) is 15.4 Å². The van der Waals surface area contributed by atoms with Crippen LogP contribution in [0.4, 0.5) is 0 Å². The molecule has 2 rings (SSSR count). The number of phenolic OH excluding ortho intramolecular Hbond substituents is 1. The molecule has 1 amide bonds. The van der Waals surface area contributed by atoms with Gasteiger partial charge in [0.05, 0.1) is 13.3 Å². The standard InChI is InChI=1S/C17H20N4O4S/c1-4-26-17-19-11(2)7-16(20-17)25-10-15(23)21-18-9-12-5-6-14(24-3)13(22)8-12/h5-9,22H,4,10H2,1-3H3,(H,21,23). The molecule has 0 aliphatic carbocycles. The molecule has 8 nitrogen and oxygen atoms in total. The lowest BCUT2D eigenvalue weighted by Crippen LogP contribution is -2.25. The fourth-order valence-electron chi connectivity index (χ4n) is 1.92. The number of carbonyl (C=O) groups excluding carboxylic acids is 1. The minimum Gasteiger partial charge on any atom is -0.504 e. The van der Waals surface area contributed by atoms with Crippen LogP contribution in [0.5, 0.6) is 17.4 Å². The van der Waals surface area contributed by atoms with Gasteiger partial charge in [-0.05, 0) is 36.4 Å². The summed E-state index contributed by atoms with van der Waals surface area (Å²) in [5.74, 6) is 1.11. The number of amides is 1. The zero-order valence-corrected chi connectivity index (χ0v) is 15.5. The zero-order chi connectivity index (χ0) is 18.9. The van der Waals surface area contributed by atoms with E-state index in [9.17, 15) is 9.90 Å². The number of nitrogens with one attached hydrogen (secondary N) is 1. The maximum Gasteiger partial charge on any atom is 0.278 e. The quantitative estimate of drug-likeness (QED) is 0.315. The summed E-state index contributed by atoms with van der Waals surface area (Å²) in [5, 5.41) is 14.1. The number of methoxy groups -OCH3 is 1. The van der Waals surface area contributed by atoms with E-state index >= 15 is 0 Å². The van der Waals surface area contributed by atoms with Crippen molar-refractivity contribution in [3.8, 4) is 17.4 Å². The minimum atomic E-state index is -0.431. The molecule has 1 heterocycles. The third-order valence-electron chi connectivity index (χ3n) is 3.04. The van der Waals surface area contributed by atoms with Crippen LogP contribution in [-0.2, 0) is 4.79 Å². The van der Waals surface area contributed by atoms with Crippen molar-refractivity contribution in [2.24, 2.45) is 5.10 Å². The van der Waals surface area contributed by atoms with Crippen LogP contribution in [0.15, 0.2) is 34.5 Å². The number of hydrogen-bond donors (Lipinski definition) is 2. The highest BCUT2D eigenvalue weighted by Gasteiger charge is 2.06. The van der Waals surface area contributed by atoms with Crippen molar-refractivity contribution in [1.29, 1.82) is 0 Å². The van der Waals surface area contributed by atoms with Gasteiger partial charge in [0.1, 0.15) is 0 Å². The van der Waals surface area contributed by atoms with Gasteiger partial charge in [-0.25, -0.2) is 10.4 Å². The second-order valence-corrected chi connectivity index (χ2v) is 6.31. The summed E-state index contributed by atoms with van der Waals surface area (Å²) >= 11 is 1.50. The van der Waals surface area contributed by atoms with Gasteiger partial charge >= 0.3 is 0 Å². The summed E-state index contributed by atoms with van der Waals surface area (Å²) in [4.78, 5) is 20.3. The first-order valence-electron chi connectivity index (χ1n) is 7.82. The van der Waals surface area contributed by atoms with Gasteiger partial charge in [-0.1, -0.05) is 18.7 Å². The third kappa shape index (κ3) is 5.92. The molecule has 1 aromatic heterocycles. The van der Waals surface area contributed by atoms with Crippen molar-refractivity contribution < 1.29 is 19.4 Å². The maximum atomic E-state index is 11.8. The highest BCUT2D eigenvalue weighted by molar-refractivity contribution is 7.99. The van der Waals surface area contributed by atoms with E-state index in [0.717, 1.165) is 11.4 Å². The number of thioether (sulfide) groups is 1. The minimum absolute atomic E-state index is 0.00834. The Morgan fingerprint density at radius 3 is 2.88 bits per heavy atom. The number of aromatic nitrogens is 2. The lowest BCUT2D eigenvalue weighted by Gasteiger charge is -2.06. The summed E-state index contributed by atoms with van der Waals surface area (Å²) < 4.78 is 10.3. The molecule has 0 saturated heterocycles. The molecule has 9 heteroatoms. The normalized spacial score (nSPS) is 10.7. The molecular formula is C17H20N4O4S. The van der Waals surface area contributed by atoms with Crippen LogP contribution in [0.2, 0.25) is 0 Å². The summed E-state index contributed by atoms with van der Waals surface area (Å²) in [5.41, 5.74) is 3.72. The Kier molecular flexibility index (Phi) is 7.22. The average molecular weight is 376 g/mol. The number of phenols is 1. The van der Waals surface area contributed by atoms with Crippen molar-refractivity contribution in [3.63, 3.8) is 0 Å². The van der Waals surface area contributed by atoms with Crippen LogP contribution in [0.3, 0.4) is 0 Å². The maximum absolute atomic E-state index is 11.8. The molecule has 26 heavy (non-hydrogen) atoms. The molecule has 1 aromatic carbocycles. The highest BCUT2D eigenvalue weighted by atomic mass is 32.2. The Labute approximate surface area is 155 Å². The highest BCUT2D eigenvalue weighted by Crippen LogP contribution is 2.25. The number of carbonyl (C=O) groups is 1. The average Bonchev–Trinajstić information content (AvgIpc) is 2.60. The smallest absolute Gasteiger partial charge is 0.278 e. The monoisotopic (exact) mass is 376 g/mol. The van der Waals surface area contributed by atoms with Crippen LogP contribution in [-0.4, -0.2) is 46.7 Å².